The molecule has 0 bridgehead atoms. The summed E-state index contributed by atoms with van der Waals surface area (Å²) in [7, 11) is -0.823. The highest BCUT2D eigenvalue weighted by Crippen LogP contribution is 2.47. The van der Waals surface area contributed by atoms with E-state index in [-0.39, 0.29) is 22.2 Å². The van der Waals surface area contributed by atoms with Gasteiger partial charge in [-0.15, -0.1) is 11.3 Å². The van der Waals surface area contributed by atoms with Crippen LogP contribution in [-0.4, -0.2) is 45.6 Å². The molecule has 2 N–H and O–H groups in total. The lowest BCUT2D eigenvalue weighted by Crippen LogP contribution is -2.41. The van der Waals surface area contributed by atoms with Gasteiger partial charge in [0.05, 0.1) is 57.2 Å². The number of benzene rings is 2. The fourth-order valence-corrected chi connectivity index (χ4v) is 7.73. The minimum atomic E-state index is -4.34. The zero-order chi connectivity index (χ0) is 32.9. The van der Waals surface area contributed by atoms with Crippen molar-refractivity contribution < 1.29 is 31.6 Å². The van der Waals surface area contributed by atoms with Crippen molar-refractivity contribution in [2.24, 2.45) is 0 Å². The first-order valence-corrected chi connectivity index (χ1v) is 16.5. The molecular weight excluding hydrogens is 631 g/mol. The number of nitrogens with one attached hydrogen (secondary N) is 2. The molecule has 0 spiro atoms. The molecule has 5 aromatic rings. The Bertz CT molecular complexity index is 1990. The smallest absolute Gasteiger partial charge is 0.464 e. The number of aromatic amines is 1. The maximum absolute atomic E-state index is 16.2. The molecule has 0 saturated carbocycles. The second kappa shape index (κ2) is 10.7. The number of alkyl halides is 3. The first-order valence-electron chi connectivity index (χ1n) is 15.7. The van der Waals surface area contributed by atoms with Crippen LogP contribution in [0.5, 0.6) is 5.75 Å². The average Bonchev–Trinajstić information content (AvgIpc) is 3.81. The number of aromatic nitrogens is 3. The van der Waals surface area contributed by atoms with E-state index in [1.54, 1.807) is 12.1 Å². The average molecular weight is 665 g/mol. The third kappa shape index (κ3) is 5.27. The molecule has 7 nitrogen and oxygen atoms in total. The third-order valence-electron chi connectivity index (χ3n) is 9.77. The van der Waals surface area contributed by atoms with E-state index < -0.39 is 43.0 Å². The minimum absolute atomic E-state index is 0.172. The second-order valence-corrected chi connectivity index (χ2v) is 14.7. The van der Waals surface area contributed by atoms with Gasteiger partial charge in [-0.3, -0.25) is 4.57 Å². The van der Waals surface area contributed by atoms with Gasteiger partial charge in [0.15, 0.2) is 0 Å². The van der Waals surface area contributed by atoms with Gasteiger partial charge in [-0.05, 0) is 95.0 Å². The largest absolute Gasteiger partial charge is 0.495 e. The Labute approximate surface area is 273 Å². The number of fused-ring (bicyclic) bond motifs is 5. The van der Waals surface area contributed by atoms with Gasteiger partial charge in [0, 0.05) is 15.8 Å². The molecule has 3 aliphatic heterocycles. The summed E-state index contributed by atoms with van der Waals surface area (Å²) in [6.45, 7) is 8.65. The molecule has 8 rings (SSSR count). The van der Waals surface area contributed by atoms with E-state index in [9.17, 15) is 13.2 Å². The van der Waals surface area contributed by atoms with Crippen molar-refractivity contribution in [3.05, 3.63) is 76.1 Å². The lowest BCUT2D eigenvalue weighted by atomic mass is 9.78. The second-order valence-electron chi connectivity index (χ2n) is 13.5. The molecule has 6 heterocycles. The summed E-state index contributed by atoms with van der Waals surface area (Å²) in [4.78, 5) is 8.79. The van der Waals surface area contributed by atoms with Gasteiger partial charge >= 0.3 is 13.3 Å². The van der Waals surface area contributed by atoms with Gasteiger partial charge in [-0.2, -0.15) is 13.2 Å². The first kappa shape index (κ1) is 30.7. The van der Waals surface area contributed by atoms with Crippen LogP contribution in [0, 0.1) is 5.82 Å². The van der Waals surface area contributed by atoms with Crippen molar-refractivity contribution in [1.29, 1.82) is 0 Å². The number of H-pyrrole nitrogens is 1. The topological polar surface area (TPSA) is 73.3 Å². The molecule has 2 aromatic carbocycles. The number of hydrogen-bond donors (Lipinski definition) is 2. The molecule has 2 fully saturated rings. The van der Waals surface area contributed by atoms with Gasteiger partial charge in [0.25, 0.3) is 0 Å². The van der Waals surface area contributed by atoms with Gasteiger partial charge in [-0.25, -0.2) is 9.37 Å². The number of imidazole rings is 1. The predicted molar refractivity (Wildman–Crippen MR) is 173 cm³/mol. The molecular formula is C34H33BF4N4O3S. The first-order chi connectivity index (χ1) is 22.3. The number of hydrogen-bond acceptors (Lipinski definition) is 6. The normalized spacial score (nSPS) is 21.7. The SMILES string of the molecule is CC1(C)OB(c2cc(F)c3c(c2)OC(c2ccc(CC(F)(F)F)s2)n2c-3cc3cc(-c4cnc(C5CCCN5)[nH]4)ccc32)OC1(C)C. The number of rotatable bonds is 5. The zero-order valence-electron chi connectivity index (χ0n) is 26.3. The van der Waals surface area contributed by atoms with E-state index in [1.165, 1.54) is 12.1 Å². The molecule has 0 radical (unpaired) electrons. The Morgan fingerprint density at radius 3 is 2.55 bits per heavy atom. The van der Waals surface area contributed by atoms with Crippen molar-refractivity contribution in [3.8, 4) is 28.3 Å². The monoisotopic (exact) mass is 664 g/mol. The van der Waals surface area contributed by atoms with Crippen molar-refractivity contribution >= 4 is 34.8 Å². The van der Waals surface area contributed by atoms with Crippen molar-refractivity contribution in [2.45, 2.75) is 76.6 Å². The van der Waals surface area contributed by atoms with Gasteiger partial charge in [0.2, 0.25) is 6.23 Å². The predicted octanol–water partition coefficient (Wildman–Crippen LogP) is 7.67. The summed E-state index contributed by atoms with van der Waals surface area (Å²) in [5.74, 6) is 0.646. The number of halogens is 4. The molecule has 244 valence electrons. The number of nitrogens with zero attached hydrogens (tertiary/aromatic N) is 2. The van der Waals surface area contributed by atoms with Crippen LogP contribution < -0.4 is 15.5 Å². The summed E-state index contributed by atoms with van der Waals surface area (Å²) in [6, 6.07) is 14.3. The highest BCUT2D eigenvalue weighted by Gasteiger charge is 2.52. The van der Waals surface area contributed by atoms with Crippen LogP contribution in [0.2, 0.25) is 0 Å². The van der Waals surface area contributed by atoms with Gasteiger partial charge < -0.3 is 24.3 Å². The van der Waals surface area contributed by atoms with Crippen LogP contribution in [0.15, 0.2) is 54.7 Å². The Balaban J connectivity index is 1.24. The minimum Gasteiger partial charge on any atom is -0.464 e. The maximum atomic E-state index is 16.2. The van der Waals surface area contributed by atoms with Crippen LogP contribution >= 0.6 is 11.3 Å². The summed E-state index contributed by atoms with van der Waals surface area (Å²) in [5.41, 5.74) is 2.56. The summed E-state index contributed by atoms with van der Waals surface area (Å²) in [5, 5.41) is 4.28. The number of thiophene rings is 1. The highest BCUT2D eigenvalue weighted by molar-refractivity contribution is 7.12. The molecule has 2 saturated heterocycles. The molecule has 3 aliphatic rings. The Morgan fingerprint density at radius 1 is 1.04 bits per heavy atom. The molecule has 47 heavy (non-hydrogen) atoms. The lowest BCUT2D eigenvalue weighted by Gasteiger charge is -2.32. The maximum Gasteiger partial charge on any atom is 0.495 e. The van der Waals surface area contributed by atoms with Crippen LogP contribution in [-0.2, 0) is 15.7 Å². The van der Waals surface area contributed by atoms with E-state index in [2.05, 4.69) is 15.3 Å². The lowest BCUT2D eigenvalue weighted by molar-refractivity contribution is -0.126. The fourth-order valence-electron chi connectivity index (χ4n) is 6.66. The molecule has 2 atom stereocenters. The van der Waals surface area contributed by atoms with Crippen molar-refractivity contribution in [1.82, 2.24) is 19.9 Å². The summed E-state index contributed by atoms with van der Waals surface area (Å²) < 4.78 is 76.9. The van der Waals surface area contributed by atoms with Crippen molar-refractivity contribution in [3.63, 3.8) is 0 Å². The molecule has 0 aliphatic carbocycles. The van der Waals surface area contributed by atoms with Gasteiger partial charge in [0.1, 0.15) is 17.4 Å². The summed E-state index contributed by atoms with van der Waals surface area (Å²) >= 11 is 1.04. The molecule has 13 heteroatoms. The number of ether oxygens (including phenoxy) is 1. The fraction of sp³-hybridized carbons (Fsp3) is 0.382. The van der Waals surface area contributed by atoms with Gasteiger partial charge in [-0.1, -0.05) is 6.07 Å². The third-order valence-corrected chi connectivity index (χ3v) is 10.9. The van der Waals surface area contributed by atoms with E-state index in [1.807, 2.05) is 62.7 Å². The van der Waals surface area contributed by atoms with Crippen LogP contribution in [0.25, 0.3) is 33.4 Å². The molecule has 0 amide bonds. The van der Waals surface area contributed by atoms with Crippen molar-refractivity contribution in [2.75, 3.05) is 6.54 Å². The molecule has 2 unspecified atom stereocenters. The standard InChI is InChI=1S/C34H33BF4N4O3S/c1-32(2)33(3,4)46-35(45-32)20-14-22(36)29-26-13-19-12-18(24-17-41-30(42-24)23-6-5-11-40-23)7-9-25(19)43(26)31(44-27(29)15-20)28-10-8-21(47-28)16-34(37,38)39/h7-10,12-15,17,23,31,40H,5-6,11,16H2,1-4H3,(H,41,42). The van der Waals surface area contributed by atoms with Crippen LogP contribution in [0.1, 0.15) is 68.4 Å². The Morgan fingerprint density at radius 2 is 1.83 bits per heavy atom. The van der Waals surface area contributed by atoms with E-state index in [0.717, 1.165) is 58.7 Å². The van der Waals surface area contributed by atoms with E-state index in [0.29, 0.717) is 16.0 Å². The Hall–Kier alpha value is -3.65. The Kier molecular flexibility index (Phi) is 6.97. The van der Waals surface area contributed by atoms with Crippen LogP contribution in [0.3, 0.4) is 0 Å². The van der Waals surface area contributed by atoms with Crippen LogP contribution in [0.4, 0.5) is 17.6 Å². The van der Waals surface area contributed by atoms with E-state index >= 15 is 4.39 Å². The highest BCUT2D eigenvalue weighted by atomic mass is 32.1. The van der Waals surface area contributed by atoms with E-state index in [4.69, 9.17) is 14.0 Å². The quantitative estimate of drug-likeness (QED) is 0.149. The molecule has 3 aromatic heterocycles. The summed E-state index contributed by atoms with van der Waals surface area (Å²) in [6.07, 6.45) is -2.26. The zero-order valence-corrected chi connectivity index (χ0v) is 27.1.